The molecule has 1 amide bonds. The average Bonchev–Trinajstić information content (AvgIpc) is 2.72. The van der Waals surface area contributed by atoms with Crippen molar-refractivity contribution in [2.75, 3.05) is 11.9 Å². The monoisotopic (exact) mass is 517 g/mol. The van der Waals surface area contributed by atoms with Crippen LogP contribution >= 0.6 is 39.1 Å². The molecule has 0 saturated heterocycles. The van der Waals surface area contributed by atoms with Crippen LogP contribution in [0.5, 0.6) is 0 Å². The molecule has 0 aromatic heterocycles. The molecule has 0 heterocycles. The summed E-state index contributed by atoms with van der Waals surface area (Å²) >= 11 is 15.2. The zero-order valence-electron chi connectivity index (χ0n) is 16.1. The second-order valence-electron chi connectivity index (χ2n) is 6.55. The van der Waals surface area contributed by atoms with Gasteiger partial charge in [-0.3, -0.25) is 4.79 Å². The molecule has 2 rings (SSSR count). The predicted molar refractivity (Wildman–Crippen MR) is 120 cm³/mol. The van der Waals surface area contributed by atoms with Gasteiger partial charge in [0.2, 0.25) is 5.91 Å². The molecule has 2 aromatic rings. The van der Waals surface area contributed by atoms with E-state index in [9.17, 15) is 19.8 Å². The highest BCUT2D eigenvalue weighted by Gasteiger charge is 2.33. The molecule has 0 fully saturated rings. The standard InChI is InChI=1S/C21H22BrCl2NO5/c1-2-30-21(29)20(28)19(27)17(25-18(26)11-22)7-12-3-5-13(6-4-12)14-8-15(23)10-16(24)9-14/h3-6,8-10,17,19-20,27-28H,2,7,11H2,1H3,(H,25,26). The van der Waals surface area contributed by atoms with Crippen molar-refractivity contribution in [3.63, 3.8) is 0 Å². The SMILES string of the molecule is CCOC(=O)C(O)C(O)C(Cc1ccc(-c2cc(Cl)cc(Cl)c2)cc1)NC(=O)CBr. The van der Waals surface area contributed by atoms with E-state index < -0.39 is 24.2 Å². The summed E-state index contributed by atoms with van der Waals surface area (Å²) in [5.41, 5.74) is 2.51. The van der Waals surface area contributed by atoms with Crippen molar-refractivity contribution in [1.29, 1.82) is 0 Å². The first kappa shape index (κ1) is 24.6. The molecule has 0 bridgehead atoms. The number of alkyl halides is 1. The quantitative estimate of drug-likeness (QED) is 0.349. The zero-order valence-corrected chi connectivity index (χ0v) is 19.2. The van der Waals surface area contributed by atoms with E-state index in [4.69, 9.17) is 27.9 Å². The van der Waals surface area contributed by atoms with Crippen LogP contribution in [0.1, 0.15) is 12.5 Å². The minimum atomic E-state index is -1.78. The Labute approximate surface area is 193 Å². The first-order valence-corrected chi connectivity index (χ1v) is 11.1. The number of ether oxygens (including phenoxy) is 1. The number of hydrogen-bond acceptors (Lipinski definition) is 5. The number of carbonyl (C=O) groups is 2. The highest BCUT2D eigenvalue weighted by molar-refractivity contribution is 9.09. The van der Waals surface area contributed by atoms with E-state index in [-0.39, 0.29) is 24.3 Å². The van der Waals surface area contributed by atoms with E-state index in [1.54, 1.807) is 25.1 Å². The molecule has 3 N–H and O–H groups in total. The first-order valence-electron chi connectivity index (χ1n) is 9.18. The van der Waals surface area contributed by atoms with Crippen molar-refractivity contribution in [2.24, 2.45) is 0 Å². The van der Waals surface area contributed by atoms with Gasteiger partial charge in [-0.1, -0.05) is 63.4 Å². The van der Waals surface area contributed by atoms with Crippen LogP contribution in [0.2, 0.25) is 10.0 Å². The second-order valence-corrected chi connectivity index (χ2v) is 7.99. The van der Waals surface area contributed by atoms with Crippen LogP contribution in [0.3, 0.4) is 0 Å². The molecule has 0 aliphatic heterocycles. The molecule has 6 nitrogen and oxygen atoms in total. The summed E-state index contributed by atoms with van der Waals surface area (Å²) in [5.74, 6) is -1.34. The summed E-state index contributed by atoms with van der Waals surface area (Å²) < 4.78 is 4.75. The third-order valence-corrected chi connectivity index (χ3v) is 5.28. The highest BCUT2D eigenvalue weighted by atomic mass is 79.9. The number of benzene rings is 2. The van der Waals surface area contributed by atoms with Crippen LogP contribution in [0, 0.1) is 0 Å². The van der Waals surface area contributed by atoms with Crippen molar-refractivity contribution in [2.45, 2.75) is 31.6 Å². The van der Waals surface area contributed by atoms with Crippen LogP contribution in [0.4, 0.5) is 0 Å². The van der Waals surface area contributed by atoms with E-state index in [1.165, 1.54) is 0 Å². The number of nitrogens with one attached hydrogen (secondary N) is 1. The lowest BCUT2D eigenvalue weighted by molar-refractivity contribution is -0.160. The summed E-state index contributed by atoms with van der Waals surface area (Å²) in [6.07, 6.45) is -3.13. The lowest BCUT2D eigenvalue weighted by atomic mass is 9.96. The molecule has 162 valence electrons. The van der Waals surface area contributed by atoms with Gasteiger partial charge in [0.15, 0.2) is 6.10 Å². The van der Waals surface area contributed by atoms with E-state index in [1.807, 2.05) is 24.3 Å². The van der Waals surface area contributed by atoms with E-state index in [0.717, 1.165) is 16.7 Å². The molecule has 30 heavy (non-hydrogen) atoms. The van der Waals surface area contributed by atoms with Crippen molar-refractivity contribution in [3.8, 4) is 11.1 Å². The van der Waals surface area contributed by atoms with Gasteiger partial charge in [-0.2, -0.15) is 0 Å². The van der Waals surface area contributed by atoms with Gasteiger partial charge >= 0.3 is 5.97 Å². The molecule has 2 aromatic carbocycles. The molecule has 0 saturated carbocycles. The van der Waals surface area contributed by atoms with Gasteiger partial charge in [-0.15, -0.1) is 0 Å². The van der Waals surface area contributed by atoms with Gasteiger partial charge in [0.05, 0.1) is 18.0 Å². The number of aliphatic hydroxyl groups excluding tert-OH is 2. The van der Waals surface area contributed by atoms with E-state index >= 15 is 0 Å². The summed E-state index contributed by atoms with van der Waals surface area (Å²) in [6.45, 7) is 1.66. The fraction of sp³-hybridized carbons (Fsp3) is 0.333. The Balaban J connectivity index is 2.20. The Kier molecular flexibility index (Phi) is 9.58. The van der Waals surface area contributed by atoms with Gasteiger partial charge in [0.1, 0.15) is 6.10 Å². The fourth-order valence-electron chi connectivity index (χ4n) is 2.90. The van der Waals surface area contributed by atoms with Gasteiger partial charge < -0.3 is 20.3 Å². The summed E-state index contributed by atoms with van der Waals surface area (Å²) in [7, 11) is 0. The van der Waals surface area contributed by atoms with Crippen LogP contribution in [-0.4, -0.2) is 52.3 Å². The second kappa shape index (κ2) is 11.7. The minimum Gasteiger partial charge on any atom is -0.464 e. The number of halogens is 3. The van der Waals surface area contributed by atoms with E-state index in [0.29, 0.717) is 10.0 Å². The third kappa shape index (κ3) is 6.96. The largest absolute Gasteiger partial charge is 0.464 e. The van der Waals surface area contributed by atoms with Crippen LogP contribution < -0.4 is 5.32 Å². The van der Waals surface area contributed by atoms with Crippen LogP contribution in [-0.2, 0) is 20.7 Å². The smallest absolute Gasteiger partial charge is 0.337 e. The Morgan fingerprint density at radius 2 is 1.67 bits per heavy atom. The third-order valence-electron chi connectivity index (χ3n) is 4.34. The molecule has 3 atom stereocenters. The summed E-state index contributed by atoms with van der Waals surface area (Å²) in [6, 6.07) is 11.7. The van der Waals surface area contributed by atoms with Gasteiger partial charge in [-0.05, 0) is 48.2 Å². The summed E-state index contributed by atoms with van der Waals surface area (Å²) in [5, 5.41) is 24.2. The number of hydrogen-bond donors (Lipinski definition) is 3. The Bertz CT molecular complexity index is 858. The topological polar surface area (TPSA) is 95.9 Å². The molecule has 0 spiro atoms. The lowest BCUT2D eigenvalue weighted by Crippen LogP contribution is -2.52. The van der Waals surface area contributed by atoms with Crippen LogP contribution in [0.25, 0.3) is 11.1 Å². The van der Waals surface area contributed by atoms with Crippen LogP contribution in [0.15, 0.2) is 42.5 Å². The predicted octanol–water partition coefficient (Wildman–Crippen LogP) is 3.37. The first-order chi connectivity index (χ1) is 14.2. The van der Waals surface area contributed by atoms with E-state index in [2.05, 4.69) is 21.2 Å². The Hall–Kier alpha value is -1.64. The Morgan fingerprint density at radius 3 is 2.20 bits per heavy atom. The van der Waals surface area contributed by atoms with Gasteiger partial charge in [0, 0.05) is 10.0 Å². The number of esters is 1. The van der Waals surface area contributed by atoms with Crippen molar-refractivity contribution >= 4 is 51.0 Å². The molecule has 9 heteroatoms. The maximum atomic E-state index is 11.8. The molecule has 0 aliphatic rings. The lowest BCUT2D eigenvalue weighted by Gasteiger charge is -2.26. The Morgan fingerprint density at radius 1 is 1.07 bits per heavy atom. The number of amides is 1. The fourth-order valence-corrected chi connectivity index (χ4v) is 3.59. The van der Waals surface area contributed by atoms with Crippen molar-refractivity contribution in [1.82, 2.24) is 5.32 Å². The maximum absolute atomic E-state index is 11.8. The molecule has 0 radical (unpaired) electrons. The number of rotatable bonds is 9. The molecule has 3 unspecified atom stereocenters. The normalized spacial score (nSPS) is 13.9. The zero-order chi connectivity index (χ0) is 22.3. The maximum Gasteiger partial charge on any atom is 0.337 e. The molecular weight excluding hydrogens is 497 g/mol. The number of carbonyl (C=O) groups excluding carboxylic acids is 2. The average molecular weight is 519 g/mol. The molecular formula is C21H22BrCl2NO5. The van der Waals surface area contributed by atoms with Gasteiger partial charge in [0.25, 0.3) is 0 Å². The summed E-state index contributed by atoms with van der Waals surface area (Å²) in [4.78, 5) is 23.6. The molecule has 0 aliphatic carbocycles. The van der Waals surface area contributed by atoms with Crippen molar-refractivity contribution in [3.05, 3.63) is 58.1 Å². The van der Waals surface area contributed by atoms with Crippen molar-refractivity contribution < 1.29 is 24.5 Å². The van der Waals surface area contributed by atoms with Gasteiger partial charge in [-0.25, -0.2) is 4.79 Å². The highest BCUT2D eigenvalue weighted by Crippen LogP contribution is 2.27. The minimum absolute atomic E-state index is 0.0141. The number of aliphatic hydroxyl groups is 2.